The Kier molecular flexibility index (Phi) is 2.33. The van der Waals surface area contributed by atoms with Gasteiger partial charge in [0, 0.05) is 0 Å². The van der Waals surface area contributed by atoms with Crippen LogP contribution in [0, 0.1) is 0 Å². The van der Waals surface area contributed by atoms with Crippen molar-refractivity contribution in [1.29, 1.82) is 0 Å². The molecule has 0 aliphatic heterocycles. The number of esters is 1. The van der Waals surface area contributed by atoms with Crippen molar-refractivity contribution in [3.63, 3.8) is 0 Å². The minimum atomic E-state index is -3.44. The molecule has 0 heterocycles. The first kappa shape index (κ1) is 8.86. The molecule has 0 aliphatic carbocycles. The monoisotopic (exact) mass is 150 g/mol. The summed E-state index contributed by atoms with van der Waals surface area (Å²) in [6.07, 6.45) is 0. The van der Waals surface area contributed by atoms with E-state index in [1.165, 1.54) is 0 Å². The van der Waals surface area contributed by atoms with Gasteiger partial charge in [0.05, 0.1) is 7.11 Å². The van der Waals surface area contributed by atoms with Crippen LogP contribution in [0.1, 0.15) is 0 Å². The molecule has 0 unspecified atom stereocenters. The number of aliphatic carboxylic acids is 1. The number of hydrogen-bond acceptors (Lipinski definition) is 5. The number of carbonyl (C=O) groups is 2. The third-order valence-electron chi connectivity index (χ3n) is 0.768. The summed E-state index contributed by atoms with van der Waals surface area (Å²) >= 11 is 0. The van der Waals surface area contributed by atoms with Crippen LogP contribution in [0.3, 0.4) is 0 Å². The Hall–Kier alpha value is -1.14. The van der Waals surface area contributed by atoms with Gasteiger partial charge in [-0.2, -0.15) is 0 Å². The van der Waals surface area contributed by atoms with Crippen molar-refractivity contribution >= 4 is 11.9 Å². The van der Waals surface area contributed by atoms with Crippen molar-refractivity contribution in [1.82, 2.24) is 0 Å². The fourth-order valence-corrected chi connectivity index (χ4v) is 0.230. The number of methoxy groups -OCH3 is 1. The summed E-state index contributed by atoms with van der Waals surface area (Å²) < 4.78 is 3.76. The minimum Gasteiger partial charge on any atom is -0.477 e. The van der Waals surface area contributed by atoms with Crippen molar-refractivity contribution in [2.45, 2.75) is 5.79 Å². The van der Waals surface area contributed by atoms with E-state index in [2.05, 4.69) is 4.74 Å². The number of ether oxygens (including phenoxy) is 1. The van der Waals surface area contributed by atoms with Gasteiger partial charge >= 0.3 is 17.7 Å². The highest BCUT2D eigenvalue weighted by Crippen LogP contribution is 2.00. The second-order valence-corrected chi connectivity index (χ2v) is 1.47. The van der Waals surface area contributed by atoms with Gasteiger partial charge < -0.3 is 20.1 Å². The van der Waals surface area contributed by atoms with Crippen LogP contribution in [-0.4, -0.2) is 40.2 Å². The van der Waals surface area contributed by atoms with Crippen molar-refractivity contribution in [3.05, 3.63) is 0 Å². The Bertz CT molecular complexity index is 159. The summed E-state index contributed by atoms with van der Waals surface area (Å²) in [5, 5.41) is 24.6. The van der Waals surface area contributed by atoms with Gasteiger partial charge in [-0.15, -0.1) is 0 Å². The lowest BCUT2D eigenvalue weighted by Gasteiger charge is -2.11. The lowest BCUT2D eigenvalue weighted by Crippen LogP contribution is -2.47. The normalized spacial score (nSPS) is 10.7. The molecule has 10 heavy (non-hydrogen) atoms. The number of carbonyl (C=O) groups excluding carboxylic acids is 1. The molecular formula is C4H6O6. The zero-order chi connectivity index (χ0) is 8.36. The molecule has 0 radical (unpaired) electrons. The van der Waals surface area contributed by atoms with Crippen molar-refractivity contribution in [3.8, 4) is 0 Å². The predicted molar refractivity (Wildman–Crippen MR) is 26.8 cm³/mol. The predicted octanol–water partition coefficient (Wildman–Crippen LogP) is -2.08. The van der Waals surface area contributed by atoms with Crippen LogP contribution < -0.4 is 0 Å². The first-order valence-electron chi connectivity index (χ1n) is 2.19. The number of carboxylic acid groups (broad SMARTS) is 1. The molecule has 3 N–H and O–H groups in total. The van der Waals surface area contributed by atoms with Gasteiger partial charge in [0.1, 0.15) is 0 Å². The molecule has 0 atom stereocenters. The maximum Gasteiger partial charge on any atom is 0.378 e. The highest BCUT2D eigenvalue weighted by molar-refractivity contribution is 5.99. The van der Waals surface area contributed by atoms with Gasteiger partial charge in [-0.1, -0.05) is 0 Å². The molecule has 0 aromatic carbocycles. The van der Waals surface area contributed by atoms with E-state index in [4.69, 9.17) is 15.3 Å². The smallest absolute Gasteiger partial charge is 0.378 e. The second-order valence-electron chi connectivity index (χ2n) is 1.47. The molecule has 0 fully saturated rings. The topological polar surface area (TPSA) is 104 Å². The first-order valence-corrected chi connectivity index (χ1v) is 2.19. The fraction of sp³-hybridized carbons (Fsp3) is 0.500. The summed E-state index contributed by atoms with van der Waals surface area (Å²) in [5.41, 5.74) is 0. The molecule has 6 heteroatoms. The number of aliphatic hydroxyl groups is 2. The Morgan fingerprint density at radius 2 is 1.80 bits per heavy atom. The molecule has 0 aliphatic rings. The van der Waals surface area contributed by atoms with Crippen LogP contribution in [0.15, 0.2) is 0 Å². The van der Waals surface area contributed by atoms with E-state index in [0.717, 1.165) is 7.11 Å². The van der Waals surface area contributed by atoms with Gasteiger partial charge in [0.2, 0.25) is 0 Å². The lowest BCUT2D eigenvalue weighted by atomic mass is 10.3. The zero-order valence-electron chi connectivity index (χ0n) is 5.07. The fourth-order valence-electron chi connectivity index (χ4n) is 0.230. The number of carboxylic acids is 1. The molecule has 58 valence electrons. The molecule has 0 spiro atoms. The van der Waals surface area contributed by atoms with E-state index < -0.39 is 17.7 Å². The van der Waals surface area contributed by atoms with Crippen LogP contribution in [0.4, 0.5) is 0 Å². The van der Waals surface area contributed by atoms with Gasteiger partial charge in [0.15, 0.2) is 0 Å². The van der Waals surface area contributed by atoms with E-state index >= 15 is 0 Å². The molecular weight excluding hydrogens is 144 g/mol. The summed E-state index contributed by atoms with van der Waals surface area (Å²) in [4.78, 5) is 20.0. The third kappa shape index (κ3) is 1.42. The average molecular weight is 150 g/mol. The van der Waals surface area contributed by atoms with Gasteiger partial charge in [-0.05, 0) is 0 Å². The van der Waals surface area contributed by atoms with Crippen LogP contribution in [0.25, 0.3) is 0 Å². The standard InChI is InChI=1S/C4H6O6/c1-10-3(7)4(8,9)2(5)6/h8-9H,1H3,(H,5,6). The molecule has 6 nitrogen and oxygen atoms in total. The molecule has 0 aromatic rings. The highest BCUT2D eigenvalue weighted by Gasteiger charge is 2.43. The Balaban J connectivity index is 4.40. The molecule has 0 rings (SSSR count). The minimum absolute atomic E-state index is 0.840. The average Bonchev–Trinajstić information content (AvgIpc) is 1.86. The number of rotatable bonds is 2. The van der Waals surface area contributed by atoms with Crippen LogP contribution in [0.2, 0.25) is 0 Å². The highest BCUT2D eigenvalue weighted by atomic mass is 16.6. The summed E-state index contributed by atoms with van der Waals surface area (Å²) in [6.45, 7) is 0. The number of hydrogen-bond donors (Lipinski definition) is 3. The molecule has 0 saturated carbocycles. The summed E-state index contributed by atoms with van der Waals surface area (Å²) in [5.74, 6) is -7.13. The Morgan fingerprint density at radius 3 is 1.90 bits per heavy atom. The molecule has 0 bridgehead atoms. The van der Waals surface area contributed by atoms with Crippen LogP contribution >= 0.6 is 0 Å². The maximum atomic E-state index is 10.2. The van der Waals surface area contributed by atoms with E-state index in [-0.39, 0.29) is 0 Å². The van der Waals surface area contributed by atoms with E-state index in [1.807, 2.05) is 0 Å². The third-order valence-corrected chi connectivity index (χ3v) is 0.768. The van der Waals surface area contributed by atoms with E-state index in [1.54, 1.807) is 0 Å². The Labute approximate surface area is 55.7 Å². The summed E-state index contributed by atoms with van der Waals surface area (Å²) in [6, 6.07) is 0. The SMILES string of the molecule is COC(=O)C(O)(O)C(=O)O. The second kappa shape index (κ2) is 2.63. The van der Waals surface area contributed by atoms with Crippen molar-refractivity contribution < 1.29 is 29.6 Å². The van der Waals surface area contributed by atoms with Crippen LogP contribution in [0.5, 0.6) is 0 Å². The van der Waals surface area contributed by atoms with Gasteiger partial charge in [-0.25, -0.2) is 9.59 Å². The van der Waals surface area contributed by atoms with E-state index in [0.29, 0.717) is 0 Å². The van der Waals surface area contributed by atoms with Crippen LogP contribution in [-0.2, 0) is 14.3 Å². The summed E-state index contributed by atoms with van der Waals surface area (Å²) in [7, 11) is 0.840. The lowest BCUT2D eigenvalue weighted by molar-refractivity contribution is -0.218. The van der Waals surface area contributed by atoms with Crippen molar-refractivity contribution in [2.75, 3.05) is 7.11 Å². The maximum absolute atomic E-state index is 10.2. The van der Waals surface area contributed by atoms with Gasteiger partial charge in [0.25, 0.3) is 0 Å². The van der Waals surface area contributed by atoms with E-state index in [9.17, 15) is 9.59 Å². The molecule has 0 aromatic heterocycles. The Morgan fingerprint density at radius 1 is 1.40 bits per heavy atom. The first-order chi connectivity index (χ1) is 4.42. The quantitative estimate of drug-likeness (QED) is 0.237. The van der Waals surface area contributed by atoms with Gasteiger partial charge in [-0.3, -0.25) is 0 Å². The molecule has 0 amide bonds. The van der Waals surface area contributed by atoms with Crippen molar-refractivity contribution in [2.24, 2.45) is 0 Å². The largest absolute Gasteiger partial charge is 0.477 e. The molecule has 0 saturated heterocycles. The zero-order valence-corrected chi connectivity index (χ0v) is 5.07.